The monoisotopic (exact) mass is 703 g/mol. The molecule has 1 rings (SSSR count). The van der Waals surface area contributed by atoms with Gasteiger partial charge in [-0.2, -0.15) is 0 Å². The third-order valence-corrected chi connectivity index (χ3v) is 8.48. The van der Waals surface area contributed by atoms with Gasteiger partial charge in [0.25, 0.3) is 0 Å². The predicted octanol–water partition coefficient (Wildman–Crippen LogP) is 9.49. The number of nitrogens with two attached hydrogens (primary N) is 1. The number of nitrogens with zero attached hydrogens (tertiary/aromatic N) is 2. The summed E-state index contributed by atoms with van der Waals surface area (Å²) in [5.74, 6) is -0.0538. The van der Waals surface area contributed by atoms with Crippen LogP contribution in [0.2, 0.25) is 0 Å². The molecule has 238 valence electrons. The van der Waals surface area contributed by atoms with Crippen LogP contribution in [0.5, 0.6) is 0 Å². The van der Waals surface area contributed by atoms with Crippen molar-refractivity contribution in [1.82, 2.24) is 4.90 Å². The molecule has 43 heavy (non-hydrogen) atoms. The van der Waals surface area contributed by atoms with E-state index < -0.39 is 11.5 Å². The number of carbonyl (C=O) groups excluding carboxylic acids is 2. The molecule has 0 fully saturated rings. The van der Waals surface area contributed by atoms with Crippen LogP contribution in [0, 0.1) is 12.8 Å². The van der Waals surface area contributed by atoms with Crippen molar-refractivity contribution in [3.8, 4) is 0 Å². The van der Waals surface area contributed by atoms with Crippen molar-refractivity contribution in [3.63, 3.8) is 0 Å². The zero-order valence-corrected chi connectivity index (χ0v) is 30.5. The quantitative estimate of drug-likeness (QED) is 0.0907. The Labute approximate surface area is 274 Å². The average Bonchev–Trinajstić information content (AvgIpc) is 2.89. The predicted molar refractivity (Wildman–Crippen MR) is 191 cm³/mol. The molecule has 0 radical (unpaired) electrons. The van der Waals surface area contributed by atoms with Crippen molar-refractivity contribution in [1.29, 1.82) is 0 Å². The molecule has 2 N–H and O–H groups in total. The highest BCUT2D eigenvalue weighted by atomic mass is 127. The maximum Gasteiger partial charge on any atom is 0.410 e. The van der Waals surface area contributed by atoms with Gasteiger partial charge in [-0.25, -0.2) is 4.79 Å². The lowest BCUT2D eigenvalue weighted by Crippen LogP contribution is -2.44. The maximum absolute atomic E-state index is 13.2. The molecule has 6 nitrogen and oxygen atoms in total. The van der Waals surface area contributed by atoms with Crippen molar-refractivity contribution < 1.29 is 14.3 Å². The number of rotatable bonds is 14. The molecule has 1 unspecified atom stereocenters. The van der Waals surface area contributed by atoms with Gasteiger partial charge in [-0.15, -0.1) is 0 Å². The first kappa shape index (κ1) is 38.3. The van der Waals surface area contributed by atoms with Gasteiger partial charge in [0.15, 0.2) is 0 Å². The Morgan fingerprint density at radius 1 is 1.16 bits per heavy atom. The minimum absolute atomic E-state index is 0.0309. The minimum Gasteiger partial charge on any atom is -0.444 e. The number of allylic oxidation sites excluding steroid dienone is 5. The van der Waals surface area contributed by atoms with Crippen molar-refractivity contribution in [2.45, 2.75) is 106 Å². The second-order valence-corrected chi connectivity index (χ2v) is 14.0. The Bertz CT molecular complexity index is 1280. The Morgan fingerprint density at radius 3 is 2.26 bits per heavy atom. The number of ether oxygens (including phenoxy) is 1. The van der Waals surface area contributed by atoms with E-state index in [-0.39, 0.29) is 18.1 Å². The summed E-state index contributed by atoms with van der Waals surface area (Å²) < 4.78 is 6.81. The SMILES string of the molecule is C=C(C/C(C(=C)C)=C(C(/C)=N\C)\C(I)=C/C(C)c1cc(C(N)=O)ccc1C)C[C@@H](C)N(C[C@@H](C)CC)C(=O)OC(C)(C)C. The van der Waals surface area contributed by atoms with E-state index in [1.54, 1.807) is 13.1 Å². The fraction of sp³-hybridized carbons (Fsp3) is 0.528. The first-order chi connectivity index (χ1) is 19.8. The highest BCUT2D eigenvalue weighted by Gasteiger charge is 2.28. The zero-order chi connectivity index (χ0) is 33.2. The number of primary amides is 1. The molecule has 0 aromatic heterocycles. The van der Waals surface area contributed by atoms with E-state index in [1.165, 1.54) is 0 Å². The van der Waals surface area contributed by atoms with Crippen molar-refractivity contribution in [2.24, 2.45) is 16.6 Å². The fourth-order valence-corrected chi connectivity index (χ4v) is 6.10. The molecule has 0 aliphatic carbocycles. The second kappa shape index (κ2) is 17.0. The zero-order valence-electron chi connectivity index (χ0n) is 28.4. The van der Waals surface area contributed by atoms with E-state index in [2.05, 4.69) is 74.5 Å². The summed E-state index contributed by atoms with van der Waals surface area (Å²) in [4.78, 5) is 31.4. The summed E-state index contributed by atoms with van der Waals surface area (Å²) in [6.07, 6.45) is 4.13. The first-order valence-electron chi connectivity index (χ1n) is 15.1. The molecule has 1 aromatic rings. The molecule has 3 atom stereocenters. The van der Waals surface area contributed by atoms with Gasteiger partial charge < -0.3 is 15.4 Å². The number of hydrogen-bond acceptors (Lipinski definition) is 4. The molecule has 0 saturated heterocycles. The molecule has 0 bridgehead atoms. The van der Waals surface area contributed by atoms with Crippen molar-refractivity contribution in [3.05, 3.63) is 80.0 Å². The van der Waals surface area contributed by atoms with E-state index in [0.717, 1.165) is 49.1 Å². The Hall–Kier alpha value is -2.68. The van der Waals surface area contributed by atoms with Gasteiger partial charge in [0.2, 0.25) is 5.91 Å². The van der Waals surface area contributed by atoms with Crippen molar-refractivity contribution in [2.75, 3.05) is 13.6 Å². The molecule has 0 heterocycles. The number of halogens is 1. The number of carbonyl (C=O) groups is 2. The molecular formula is C36H54IN3O3. The van der Waals surface area contributed by atoms with Crippen LogP contribution >= 0.6 is 22.6 Å². The van der Waals surface area contributed by atoms with Gasteiger partial charge in [0.05, 0.1) is 0 Å². The molecule has 2 amide bonds. The van der Waals surface area contributed by atoms with Crippen LogP contribution in [0.1, 0.15) is 109 Å². The van der Waals surface area contributed by atoms with E-state index in [1.807, 2.05) is 58.6 Å². The smallest absolute Gasteiger partial charge is 0.410 e. The van der Waals surface area contributed by atoms with E-state index >= 15 is 0 Å². The van der Waals surface area contributed by atoms with E-state index in [0.29, 0.717) is 30.9 Å². The number of amides is 2. The third-order valence-electron chi connectivity index (χ3n) is 7.58. The van der Waals surface area contributed by atoms with Gasteiger partial charge in [-0.1, -0.05) is 63.6 Å². The second-order valence-electron chi connectivity index (χ2n) is 12.8. The van der Waals surface area contributed by atoms with Gasteiger partial charge >= 0.3 is 6.09 Å². The summed E-state index contributed by atoms with van der Waals surface area (Å²) in [5, 5.41) is 0. The highest BCUT2D eigenvalue weighted by molar-refractivity contribution is 14.1. The molecule has 0 saturated carbocycles. The molecule has 0 aliphatic rings. The van der Waals surface area contributed by atoms with Gasteiger partial charge in [-0.3, -0.25) is 9.79 Å². The Morgan fingerprint density at radius 2 is 1.77 bits per heavy atom. The summed E-state index contributed by atoms with van der Waals surface area (Å²) in [5.41, 5.74) is 12.6. The molecule has 7 heteroatoms. The number of aryl methyl sites for hydroxylation is 1. The Kier molecular flexibility index (Phi) is 15.1. The highest BCUT2D eigenvalue weighted by Crippen LogP contribution is 2.34. The van der Waals surface area contributed by atoms with Crippen LogP contribution in [0.15, 0.2) is 68.3 Å². The lowest BCUT2D eigenvalue weighted by Gasteiger charge is -2.34. The molecule has 0 spiro atoms. The summed E-state index contributed by atoms with van der Waals surface area (Å²) >= 11 is 2.38. The first-order valence-corrected chi connectivity index (χ1v) is 16.2. The standard InChI is InChI=1S/C36H54IN3O3/c1-14-23(4)21-40(35(42)43-36(10,11)12)27(8)17-24(5)18-30(22(2)3)33(28(9)39-13)32(37)19-26(7)31-20-29(34(38)41)16-15-25(31)6/h15-16,19-20,23,26-27H,2,5,14,17-18,21H2,1,3-4,6-13H3,(H2,38,41)/b32-19+,33-30+,39-28-/t23-,26?,27+/m0/s1. The molecular weight excluding hydrogens is 649 g/mol. The number of aliphatic imine (C=N–C) groups is 1. The minimum atomic E-state index is -0.566. The van der Waals surface area contributed by atoms with Crippen LogP contribution in [0.25, 0.3) is 0 Å². The van der Waals surface area contributed by atoms with Crippen LogP contribution in [0.3, 0.4) is 0 Å². The Balaban J connectivity index is 3.46. The summed E-state index contributed by atoms with van der Waals surface area (Å²) in [6.45, 7) is 29.6. The lowest BCUT2D eigenvalue weighted by molar-refractivity contribution is 0.0144. The van der Waals surface area contributed by atoms with Crippen LogP contribution in [-0.4, -0.2) is 47.8 Å². The van der Waals surface area contributed by atoms with Crippen LogP contribution < -0.4 is 5.73 Å². The van der Waals surface area contributed by atoms with Gasteiger partial charge in [-0.05, 0) is 119 Å². The molecule has 1 aromatic carbocycles. The van der Waals surface area contributed by atoms with Crippen molar-refractivity contribution >= 4 is 40.3 Å². The maximum atomic E-state index is 13.2. The molecule has 0 aliphatic heterocycles. The summed E-state index contributed by atoms with van der Waals surface area (Å²) in [7, 11) is 1.80. The number of benzene rings is 1. The van der Waals surface area contributed by atoms with Gasteiger partial charge in [0, 0.05) is 46.0 Å². The largest absolute Gasteiger partial charge is 0.444 e. The van der Waals surface area contributed by atoms with E-state index in [4.69, 9.17) is 10.5 Å². The topological polar surface area (TPSA) is 85.0 Å². The lowest BCUT2D eigenvalue weighted by atomic mass is 9.89. The van der Waals surface area contributed by atoms with Crippen LogP contribution in [-0.2, 0) is 4.74 Å². The summed E-state index contributed by atoms with van der Waals surface area (Å²) in [6, 6.07) is 5.50. The van der Waals surface area contributed by atoms with Crippen LogP contribution in [0.4, 0.5) is 4.79 Å². The number of hydrogen-bond donors (Lipinski definition) is 1. The average molecular weight is 704 g/mol. The third kappa shape index (κ3) is 12.1. The fourth-order valence-electron chi connectivity index (χ4n) is 4.85. The van der Waals surface area contributed by atoms with E-state index in [9.17, 15) is 9.59 Å². The normalized spacial score (nSPS) is 15.3. The van der Waals surface area contributed by atoms with Gasteiger partial charge in [0.1, 0.15) is 5.60 Å².